The number of hydroxylamine groups is 2. The molecule has 0 saturated carbocycles. The Hall–Kier alpha value is -4.63. The van der Waals surface area contributed by atoms with Gasteiger partial charge in [0.15, 0.2) is 10.8 Å². The second kappa shape index (κ2) is 13.6. The number of oxime groups is 1. The molecule has 0 aliphatic carbocycles. The molecule has 2 amide bonds. The molecular weight excluding hydrogens is 660 g/mol. The molecule has 1 aliphatic heterocycles. The topological polar surface area (TPSA) is 245 Å². The van der Waals surface area contributed by atoms with E-state index >= 15 is 0 Å². The predicted molar refractivity (Wildman–Crippen MR) is 170 cm³/mol. The number of carboxylic acid groups (broad SMARTS) is 1. The Bertz CT molecular complexity index is 1810. The number of thiazole rings is 1. The molecule has 254 valence electrons. The summed E-state index contributed by atoms with van der Waals surface area (Å²) in [7, 11) is 1.27. The Morgan fingerprint density at radius 1 is 1.21 bits per heavy atom. The Labute approximate surface area is 273 Å². The average molecular weight is 696 g/mol. The van der Waals surface area contributed by atoms with Gasteiger partial charge in [0.25, 0.3) is 17.9 Å². The van der Waals surface area contributed by atoms with Gasteiger partial charge in [-0.3, -0.25) is 14.1 Å². The molecule has 6 N–H and O–H groups in total. The second-order valence-electron chi connectivity index (χ2n) is 11.9. The number of aliphatic carboxylic acids is 1. The van der Waals surface area contributed by atoms with Gasteiger partial charge in [-0.25, -0.2) is 14.8 Å². The third kappa shape index (κ3) is 9.01. The summed E-state index contributed by atoms with van der Waals surface area (Å²) in [5, 5.41) is 21.7. The van der Waals surface area contributed by atoms with Crippen LogP contribution in [0.15, 0.2) is 40.9 Å². The van der Waals surface area contributed by atoms with Crippen molar-refractivity contribution in [1.29, 1.82) is 0 Å². The second-order valence-corrected chi connectivity index (χ2v) is 13.8. The van der Waals surface area contributed by atoms with Crippen LogP contribution < -0.4 is 21.1 Å². The number of likely N-dealkylation sites (N-methyl/N-ethyl adjacent to an activating group) is 1. The van der Waals surface area contributed by atoms with Gasteiger partial charge in [-0.15, -0.1) is 15.6 Å². The lowest BCUT2D eigenvalue weighted by atomic mass is 9.84. The number of hydrogen-bond acceptors (Lipinski definition) is 14. The van der Waals surface area contributed by atoms with Crippen molar-refractivity contribution in [1.82, 2.24) is 20.3 Å². The molecule has 4 rings (SSSR count). The standard InChI is InChI=1S/C27H34N8O10S2/c1-27(2)22(24(37)34(27)45-47(40,41)42)32-23(36)21(18-14-46-26(28)31-18)33-44-19(25(38)39)13-43-16-7-8-17-15(12-16)6-9-20(30-17)29-10-11-35(3,4)5/h6-9,12,14,19,22H,10-11,13H2,1-5H3,(H5-,28,29,30,31,32,36,38,39,40,41,42)/p+1/b33-21-. The molecular formula is C27H35N8O10S2+. The van der Waals surface area contributed by atoms with Crippen molar-refractivity contribution in [2.75, 3.05) is 51.9 Å². The quantitative estimate of drug-likeness (QED) is 0.0478. The fourth-order valence-corrected chi connectivity index (χ4v) is 5.27. The predicted octanol–water partition coefficient (Wildman–Crippen LogP) is 0.485. The number of nitrogen functional groups attached to an aromatic ring is 1. The highest BCUT2D eigenvalue weighted by atomic mass is 32.3. The van der Waals surface area contributed by atoms with Gasteiger partial charge in [-0.1, -0.05) is 5.16 Å². The number of β-lactam (4-membered cyclic amide) rings is 1. The molecule has 20 heteroatoms. The molecule has 47 heavy (non-hydrogen) atoms. The average Bonchev–Trinajstić information content (AvgIpc) is 3.40. The lowest BCUT2D eigenvalue weighted by molar-refractivity contribution is -0.868. The van der Waals surface area contributed by atoms with E-state index in [9.17, 15) is 27.9 Å². The van der Waals surface area contributed by atoms with Crippen LogP contribution >= 0.6 is 11.3 Å². The Balaban J connectivity index is 1.45. The highest BCUT2D eigenvalue weighted by Gasteiger charge is 2.58. The van der Waals surface area contributed by atoms with Gasteiger partial charge < -0.3 is 35.5 Å². The number of amides is 2. The Kier molecular flexibility index (Phi) is 10.2. The molecule has 1 saturated heterocycles. The van der Waals surface area contributed by atoms with Crippen LogP contribution in [-0.4, -0.2) is 120 Å². The van der Waals surface area contributed by atoms with Crippen molar-refractivity contribution in [3.8, 4) is 5.75 Å². The molecule has 3 aromatic rings. The van der Waals surface area contributed by atoms with E-state index in [4.69, 9.17) is 19.9 Å². The van der Waals surface area contributed by atoms with Crippen molar-refractivity contribution in [2.24, 2.45) is 5.16 Å². The van der Waals surface area contributed by atoms with E-state index in [0.29, 0.717) is 22.1 Å². The molecule has 2 atom stereocenters. The Morgan fingerprint density at radius 3 is 2.53 bits per heavy atom. The molecule has 2 aromatic heterocycles. The Morgan fingerprint density at radius 2 is 1.94 bits per heavy atom. The summed E-state index contributed by atoms with van der Waals surface area (Å²) < 4.78 is 41.9. The zero-order chi connectivity index (χ0) is 34.7. The first-order valence-electron chi connectivity index (χ1n) is 13.9. The normalized spacial score (nSPS) is 17.1. The molecule has 18 nitrogen and oxygen atoms in total. The van der Waals surface area contributed by atoms with E-state index in [1.165, 1.54) is 19.2 Å². The fraction of sp³-hybridized carbons (Fsp3) is 0.407. The molecule has 1 aliphatic rings. The molecule has 1 aromatic carbocycles. The molecule has 0 bridgehead atoms. The number of nitrogens with one attached hydrogen (secondary N) is 2. The highest BCUT2D eigenvalue weighted by Crippen LogP contribution is 2.33. The minimum atomic E-state index is -5.02. The van der Waals surface area contributed by atoms with Gasteiger partial charge in [-0.05, 0) is 44.2 Å². The minimum absolute atomic E-state index is 0.0595. The number of rotatable bonds is 15. The summed E-state index contributed by atoms with van der Waals surface area (Å²) in [6, 6.07) is 7.39. The van der Waals surface area contributed by atoms with Crippen LogP contribution in [0.4, 0.5) is 10.9 Å². The van der Waals surface area contributed by atoms with E-state index in [2.05, 4.69) is 51.2 Å². The number of hydrogen-bond donors (Lipinski definition) is 5. The number of carbonyl (C=O) groups is 3. The first-order chi connectivity index (χ1) is 21.8. The SMILES string of the molecule is CC1(C)C(NC(=O)/C(=N\OC(COc2ccc3nc(NCC[N+](C)(C)C)ccc3c2)C(=O)O)c2csc(N)n2)C(=O)N1OS(=O)(=O)O. The number of fused-ring (bicyclic) bond motifs is 1. The highest BCUT2D eigenvalue weighted by molar-refractivity contribution is 7.80. The third-order valence-corrected chi connectivity index (χ3v) is 7.81. The van der Waals surface area contributed by atoms with Crippen LogP contribution in [0.2, 0.25) is 0 Å². The molecule has 2 unspecified atom stereocenters. The smallest absolute Gasteiger partial charge is 0.418 e. The maximum Gasteiger partial charge on any atom is 0.418 e. The summed E-state index contributed by atoms with van der Waals surface area (Å²) in [6.07, 6.45) is -1.68. The number of benzene rings is 1. The lowest BCUT2D eigenvalue weighted by Gasteiger charge is -2.50. The maximum atomic E-state index is 13.2. The lowest BCUT2D eigenvalue weighted by Crippen LogP contribution is -2.76. The van der Waals surface area contributed by atoms with E-state index in [0.717, 1.165) is 34.3 Å². The number of pyridine rings is 1. The van der Waals surface area contributed by atoms with Crippen molar-refractivity contribution >= 4 is 67.1 Å². The van der Waals surface area contributed by atoms with Gasteiger partial charge in [0.1, 0.15) is 29.9 Å². The summed E-state index contributed by atoms with van der Waals surface area (Å²) in [6.45, 7) is 3.86. The summed E-state index contributed by atoms with van der Waals surface area (Å²) in [4.78, 5) is 51.5. The van der Waals surface area contributed by atoms with E-state index in [1.54, 1.807) is 18.2 Å². The third-order valence-electron chi connectivity index (χ3n) is 6.80. The van der Waals surface area contributed by atoms with E-state index in [1.807, 2.05) is 12.1 Å². The van der Waals surface area contributed by atoms with Crippen molar-refractivity contribution in [3.63, 3.8) is 0 Å². The number of aromatic nitrogens is 2. The number of quaternary nitrogens is 1. The van der Waals surface area contributed by atoms with Crippen molar-refractivity contribution < 1.29 is 50.8 Å². The molecule has 0 radical (unpaired) electrons. The van der Waals surface area contributed by atoms with Gasteiger partial charge in [-0.2, -0.15) is 13.5 Å². The molecule has 3 heterocycles. The van der Waals surface area contributed by atoms with Crippen molar-refractivity contribution in [2.45, 2.75) is 31.5 Å². The molecule has 1 fully saturated rings. The number of ether oxygens (including phenoxy) is 1. The van der Waals surface area contributed by atoms with Crippen LogP contribution in [0, 0.1) is 0 Å². The van der Waals surface area contributed by atoms with E-state index in [-0.39, 0.29) is 10.8 Å². The van der Waals surface area contributed by atoms with Crippen molar-refractivity contribution in [3.05, 3.63) is 41.4 Å². The van der Waals surface area contributed by atoms with E-state index < -0.39 is 58.2 Å². The van der Waals surface area contributed by atoms with Crippen LogP contribution in [0.3, 0.4) is 0 Å². The van der Waals surface area contributed by atoms with Gasteiger partial charge >= 0.3 is 16.4 Å². The van der Waals surface area contributed by atoms with Gasteiger partial charge in [0, 0.05) is 10.8 Å². The summed E-state index contributed by atoms with van der Waals surface area (Å²) in [5.74, 6) is -2.42. The fourth-order valence-electron chi connectivity index (χ4n) is 4.27. The zero-order valence-electron chi connectivity index (χ0n) is 26.0. The summed E-state index contributed by atoms with van der Waals surface area (Å²) in [5.41, 5.74) is 4.36. The van der Waals surface area contributed by atoms with Crippen LogP contribution in [0.1, 0.15) is 19.5 Å². The molecule has 0 spiro atoms. The first kappa shape index (κ1) is 35.2. The summed E-state index contributed by atoms with van der Waals surface area (Å²) >= 11 is 0.960. The number of carboxylic acids is 1. The van der Waals surface area contributed by atoms with Crippen LogP contribution in [0.5, 0.6) is 5.75 Å². The zero-order valence-corrected chi connectivity index (χ0v) is 27.7. The number of anilines is 2. The monoisotopic (exact) mass is 695 g/mol. The number of nitrogens with two attached hydrogens (primary N) is 1. The number of carbonyl (C=O) groups excluding carboxylic acids is 2. The maximum absolute atomic E-state index is 13.2. The number of nitrogens with zero attached hydrogens (tertiary/aromatic N) is 5. The van der Waals surface area contributed by atoms with Crippen LogP contribution in [-0.2, 0) is 33.9 Å². The van der Waals surface area contributed by atoms with Crippen LogP contribution in [0.25, 0.3) is 10.9 Å². The minimum Gasteiger partial charge on any atom is -0.489 e. The largest absolute Gasteiger partial charge is 0.489 e. The van der Waals surface area contributed by atoms with Gasteiger partial charge in [0.05, 0.1) is 45.3 Å². The van der Waals surface area contributed by atoms with Gasteiger partial charge in [0.2, 0.25) is 0 Å². The first-order valence-corrected chi connectivity index (χ1v) is 16.2.